The standard InChI is InChI=1S/C15H19N2O7P/c1-4-10-12-13(17-7-5-11(18)16-14(17)19)24-15(10,9-23-12)6-8-25(20,21-2)22-3/h4-8,10,12-13H,1,9H2,2-3H3,(H,16,18,19)/b8-6+/t10-,12+,13+,15-/m0/s1. The highest BCUT2D eigenvalue weighted by Gasteiger charge is 2.59. The van der Waals surface area contributed by atoms with Crippen LogP contribution in [0, 0.1) is 5.92 Å². The lowest BCUT2D eigenvalue weighted by Gasteiger charge is -2.29. The first-order valence-corrected chi connectivity index (χ1v) is 9.14. The van der Waals surface area contributed by atoms with E-state index in [-0.39, 0.29) is 12.5 Å². The van der Waals surface area contributed by atoms with Crippen molar-refractivity contribution in [1.29, 1.82) is 0 Å². The zero-order chi connectivity index (χ0) is 18.2. The molecular weight excluding hydrogens is 351 g/mol. The Kier molecular flexibility index (Phi) is 4.70. The smallest absolute Gasteiger partial charge is 0.353 e. The lowest BCUT2D eigenvalue weighted by atomic mass is 9.89. The molecular formula is C15H19N2O7P. The number of aromatic amines is 1. The molecule has 2 aliphatic heterocycles. The van der Waals surface area contributed by atoms with Gasteiger partial charge < -0.3 is 18.5 Å². The molecule has 0 radical (unpaired) electrons. The molecule has 2 fully saturated rings. The fraction of sp³-hybridized carbons (Fsp3) is 0.467. The van der Waals surface area contributed by atoms with Crippen molar-refractivity contribution in [3.63, 3.8) is 0 Å². The third-order valence-corrected chi connectivity index (χ3v) is 6.00. The van der Waals surface area contributed by atoms with Gasteiger partial charge in [-0.2, -0.15) is 0 Å². The third kappa shape index (κ3) is 2.98. The van der Waals surface area contributed by atoms with Crippen LogP contribution in [0.4, 0.5) is 0 Å². The fourth-order valence-electron chi connectivity index (χ4n) is 3.16. The van der Waals surface area contributed by atoms with Crippen LogP contribution in [0.15, 0.2) is 46.4 Å². The SMILES string of the molecule is C=C[C@H]1[C@H]2OC[C@]1(/C=C/P(=O)(OC)OC)O[C@H]2n1ccc(=O)[nH]c1=O. The highest BCUT2D eigenvalue weighted by atomic mass is 31.2. The Morgan fingerprint density at radius 2 is 2.16 bits per heavy atom. The molecule has 0 aliphatic carbocycles. The third-order valence-electron chi connectivity index (χ3n) is 4.47. The topological polar surface area (TPSA) is 109 Å². The molecule has 136 valence electrons. The highest BCUT2D eigenvalue weighted by molar-refractivity contribution is 7.57. The predicted molar refractivity (Wildman–Crippen MR) is 88.4 cm³/mol. The normalized spacial score (nSPS) is 31.7. The number of nitrogens with zero attached hydrogens (tertiary/aromatic N) is 1. The quantitative estimate of drug-likeness (QED) is 0.588. The van der Waals surface area contributed by atoms with E-state index in [1.165, 1.54) is 36.9 Å². The maximum Gasteiger partial charge on any atom is 0.353 e. The molecule has 0 unspecified atom stereocenters. The van der Waals surface area contributed by atoms with Crippen molar-refractivity contribution in [3.05, 3.63) is 57.6 Å². The molecule has 2 saturated heterocycles. The van der Waals surface area contributed by atoms with Gasteiger partial charge in [-0.05, 0) is 6.08 Å². The molecule has 3 rings (SSSR count). The summed E-state index contributed by atoms with van der Waals surface area (Å²) in [4.78, 5) is 25.5. The summed E-state index contributed by atoms with van der Waals surface area (Å²) >= 11 is 0. The first kappa shape index (κ1) is 18.0. The number of rotatable bonds is 6. The van der Waals surface area contributed by atoms with E-state index in [0.717, 1.165) is 0 Å². The summed E-state index contributed by atoms with van der Waals surface area (Å²) < 4.78 is 35.1. The Balaban J connectivity index is 1.98. The summed E-state index contributed by atoms with van der Waals surface area (Å²) in [7, 11) is -0.820. The average Bonchev–Trinajstić information content (AvgIpc) is 3.12. The summed E-state index contributed by atoms with van der Waals surface area (Å²) in [5.41, 5.74) is -2.06. The number of hydrogen-bond donors (Lipinski definition) is 1. The Labute approximate surface area is 143 Å². The van der Waals surface area contributed by atoms with Gasteiger partial charge in [0.2, 0.25) is 0 Å². The number of hydrogen-bond acceptors (Lipinski definition) is 7. The predicted octanol–water partition coefficient (Wildman–Crippen LogP) is 1.00. The molecule has 0 saturated carbocycles. The summed E-state index contributed by atoms with van der Waals surface area (Å²) in [6.07, 6.45) is 3.36. The second kappa shape index (κ2) is 6.51. The van der Waals surface area contributed by atoms with E-state index < -0.39 is 36.8 Å². The first-order chi connectivity index (χ1) is 11.9. The van der Waals surface area contributed by atoms with Crippen LogP contribution in [0.25, 0.3) is 0 Å². The lowest BCUT2D eigenvalue weighted by molar-refractivity contribution is -0.155. The van der Waals surface area contributed by atoms with Gasteiger partial charge in [0.15, 0.2) is 6.23 Å². The molecule has 0 aromatic carbocycles. The van der Waals surface area contributed by atoms with E-state index in [2.05, 4.69) is 11.6 Å². The van der Waals surface area contributed by atoms with Crippen molar-refractivity contribution in [1.82, 2.24) is 9.55 Å². The number of nitrogens with one attached hydrogen (secondary N) is 1. The molecule has 3 heterocycles. The van der Waals surface area contributed by atoms with Crippen LogP contribution >= 0.6 is 7.60 Å². The van der Waals surface area contributed by atoms with Crippen LogP contribution < -0.4 is 11.2 Å². The number of aromatic nitrogens is 2. The van der Waals surface area contributed by atoms with Gasteiger partial charge in [0.05, 0.1) is 6.61 Å². The van der Waals surface area contributed by atoms with E-state index >= 15 is 0 Å². The fourth-order valence-corrected chi connectivity index (χ4v) is 3.98. The number of ether oxygens (including phenoxy) is 2. The summed E-state index contributed by atoms with van der Waals surface area (Å²) in [5.74, 6) is 1.03. The Morgan fingerprint density at radius 3 is 2.76 bits per heavy atom. The summed E-state index contributed by atoms with van der Waals surface area (Å²) in [5, 5.41) is 0. The van der Waals surface area contributed by atoms with E-state index in [1.807, 2.05) is 0 Å². The van der Waals surface area contributed by atoms with Crippen molar-refractivity contribution in [2.75, 3.05) is 20.8 Å². The average molecular weight is 370 g/mol. The largest absolute Gasteiger partial charge is 0.369 e. The van der Waals surface area contributed by atoms with Gasteiger partial charge in [0.1, 0.15) is 11.7 Å². The maximum atomic E-state index is 12.3. The number of H-pyrrole nitrogens is 1. The van der Waals surface area contributed by atoms with Gasteiger partial charge in [0.25, 0.3) is 5.56 Å². The van der Waals surface area contributed by atoms with Gasteiger partial charge >= 0.3 is 13.3 Å². The molecule has 4 atom stereocenters. The first-order valence-electron chi connectivity index (χ1n) is 7.53. The van der Waals surface area contributed by atoms with Crippen molar-refractivity contribution >= 4 is 7.60 Å². The van der Waals surface area contributed by atoms with Crippen LogP contribution in [0.2, 0.25) is 0 Å². The van der Waals surface area contributed by atoms with E-state index in [1.54, 1.807) is 12.2 Å². The molecule has 1 aromatic heterocycles. The zero-order valence-corrected chi connectivity index (χ0v) is 14.7. The molecule has 1 N–H and O–H groups in total. The highest BCUT2D eigenvalue weighted by Crippen LogP contribution is 2.53. The molecule has 1 aromatic rings. The van der Waals surface area contributed by atoms with Gasteiger partial charge in [0, 0.05) is 38.2 Å². The van der Waals surface area contributed by atoms with Crippen LogP contribution in [0.3, 0.4) is 0 Å². The van der Waals surface area contributed by atoms with Gasteiger partial charge in [-0.1, -0.05) is 6.08 Å². The van der Waals surface area contributed by atoms with Crippen molar-refractivity contribution in [2.24, 2.45) is 5.92 Å². The van der Waals surface area contributed by atoms with Crippen LogP contribution in [-0.4, -0.2) is 42.1 Å². The van der Waals surface area contributed by atoms with Gasteiger partial charge in [-0.3, -0.25) is 18.9 Å². The summed E-state index contributed by atoms with van der Waals surface area (Å²) in [6.45, 7) is 4.01. The Hall–Kier alpha value is -1.77. The second-order valence-electron chi connectivity index (χ2n) is 5.74. The minimum Gasteiger partial charge on any atom is -0.369 e. The molecule has 10 heteroatoms. The lowest BCUT2D eigenvalue weighted by Crippen LogP contribution is -2.40. The molecule has 2 bridgehead atoms. The van der Waals surface area contributed by atoms with E-state index in [9.17, 15) is 14.2 Å². The molecule has 0 amide bonds. The second-order valence-corrected chi connectivity index (χ2v) is 7.85. The van der Waals surface area contributed by atoms with E-state index in [0.29, 0.717) is 0 Å². The molecule has 25 heavy (non-hydrogen) atoms. The van der Waals surface area contributed by atoms with Crippen molar-refractivity contribution in [3.8, 4) is 0 Å². The minimum atomic E-state index is -3.38. The molecule has 2 aliphatic rings. The van der Waals surface area contributed by atoms with Gasteiger partial charge in [-0.15, -0.1) is 6.58 Å². The van der Waals surface area contributed by atoms with Crippen LogP contribution in [0.5, 0.6) is 0 Å². The molecule has 0 spiro atoms. The summed E-state index contributed by atoms with van der Waals surface area (Å²) in [6, 6.07) is 1.23. The van der Waals surface area contributed by atoms with Crippen LogP contribution in [0.1, 0.15) is 6.23 Å². The van der Waals surface area contributed by atoms with Crippen molar-refractivity contribution < 1.29 is 23.1 Å². The minimum absolute atomic E-state index is 0.201. The monoisotopic (exact) mass is 370 g/mol. The van der Waals surface area contributed by atoms with E-state index in [4.69, 9.17) is 18.5 Å². The number of fused-ring (bicyclic) bond motifs is 2. The maximum absolute atomic E-state index is 12.3. The van der Waals surface area contributed by atoms with Gasteiger partial charge in [-0.25, -0.2) is 4.79 Å². The zero-order valence-electron chi connectivity index (χ0n) is 13.8. The molecule has 9 nitrogen and oxygen atoms in total. The van der Waals surface area contributed by atoms with Crippen molar-refractivity contribution in [2.45, 2.75) is 17.9 Å². The van der Waals surface area contributed by atoms with Crippen LogP contribution in [-0.2, 0) is 23.1 Å². The Morgan fingerprint density at radius 1 is 1.44 bits per heavy atom. The Bertz CT molecular complexity index is 852.